The van der Waals surface area contributed by atoms with E-state index in [9.17, 15) is 14.4 Å². The maximum Gasteiger partial charge on any atom is 0.293 e. The van der Waals surface area contributed by atoms with Gasteiger partial charge in [0.1, 0.15) is 12.1 Å². The first kappa shape index (κ1) is 21.8. The van der Waals surface area contributed by atoms with Crippen LogP contribution in [0.25, 0.3) is 16.6 Å². The van der Waals surface area contributed by atoms with Crippen LogP contribution in [0.2, 0.25) is 5.02 Å². The van der Waals surface area contributed by atoms with E-state index in [-0.39, 0.29) is 18.4 Å². The standard InChI is InChI=1S/C24H21ClN6O3/c1-14(32)27-17-7-9-18(10-8-17)28-21(33)13-30-24(34)23-20(22(29-30)15-5-6-15)12-26-31(23)19-4-2-3-16(25)11-19/h2-4,7-12,15H,5-6,13H2,1H3,(H,27,32)(H,28,33). The third-order valence-corrected chi connectivity index (χ3v) is 5.74. The molecular formula is C24H21ClN6O3. The molecule has 0 bridgehead atoms. The fraction of sp³-hybridized carbons (Fsp3) is 0.208. The van der Waals surface area contributed by atoms with Crippen LogP contribution >= 0.6 is 11.6 Å². The van der Waals surface area contributed by atoms with E-state index in [1.165, 1.54) is 11.6 Å². The van der Waals surface area contributed by atoms with Gasteiger partial charge in [0.2, 0.25) is 11.8 Å². The van der Waals surface area contributed by atoms with E-state index in [4.69, 9.17) is 11.6 Å². The van der Waals surface area contributed by atoms with E-state index < -0.39 is 11.5 Å². The van der Waals surface area contributed by atoms with E-state index >= 15 is 0 Å². The molecule has 10 heteroatoms. The summed E-state index contributed by atoms with van der Waals surface area (Å²) in [5.74, 6) is -0.325. The number of amides is 2. The second-order valence-electron chi connectivity index (χ2n) is 8.23. The molecule has 9 nitrogen and oxygen atoms in total. The molecule has 1 aliphatic rings. The molecule has 34 heavy (non-hydrogen) atoms. The van der Waals surface area contributed by atoms with Crippen molar-refractivity contribution in [2.45, 2.75) is 32.2 Å². The average Bonchev–Trinajstić information content (AvgIpc) is 3.54. The lowest BCUT2D eigenvalue weighted by Crippen LogP contribution is -2.31. The molecule has 1 saturated carbocycles. The average molecular weight is 477 g/mol. The molecule has 0 aliphatic heterocycles. The molecule has 2 aromatic heterocycles. The van der Waals surface area contributed by atoms with Crippen molar-refractivity contribution in [3.8, 4) is 5.69 Å². The van der Waals surface area contributed by atoms with Gasteiger partial charge in [-0.1, -0.05) is 17.7 Å². The third-order valence-electron chi connectivity index (χ3n) is 5.51. The molecule has 0 radical (unpaired) electrons. The molecule has 0 saturated heterocycles. The minimum Gasteiger partial charge on any atom is -0.326 e. The Morgan fingerprint density at radius 2 is 1.79 bits per heavy atom. The maximum atomic E-state index is 13.4. The SMILES string of the molecule is CC(=O)Nc1ccc(NC(=O)Cn2nc(C3CC3)c3cnn(-c4cccc(Cl)c4)c3c2=O)cc1. The van der Waals surface area contributed by atoms with Crippen LogP contribution in [0.5, 0.6) is 0 Å². The van der Waals surface area contributed by atoms with Gasteiger partial charge in [-0.05, 0) is 55.3 Å². The van der Waals surface area contributed by atoms with Gasteiger partial charge >= 0.3 is 0 Å². The highest BCUT2D eigenvalue weighted by atomic mass is 35.5. The molecule has 2 heterocycles. The number of nitrogens with zero attached hydrogens (tertiary/aromatic N) is 4. The Morgan fingerprint density at radius 3 is 2.44 bits per heavy atom. The third kappa shape index (κ3) is 4.42. The summed E-state index contributed by atoms with van der Waals surface area (Å²) in [6, 6.07) is 13.8. The van der Waals surface area contributed by atoms with Crippen LogP contribution in [0.1, 0.15) is 31.4 Å². The van der Waals surface area contributed by atoms with Crippen molar-refractivity contribution in [2.75, 3.05) is 10.6 Å². The molecule has 5 rings (SSSR count). The number of hydrogen-bond donors (Lipinski definition) is 2. The van der Waals surface area contributed by atoms with Crippen LogP contribution in [-0.2, 0) is 16.1 Å². The van der Waals surface area contributed by atoms with Gasteiger partial charge < -0.3 is 10.6 Å². The largest absolute Gasteiger partial charge is 0.326 e. The summed E-state index contributed by atoms with van der Waals surface area (Å²) in [6.07, 6.45) is 3.62. The monoisotopic (exact) mass is 476 g/mol. The van der Waals surface area contributed by atoms with Gasteiger partial charge in [0.05, 0.1) is 17.6 Å². The summed E-state index contributed by atoms with van der Waals surface area (Å²) >= 11 is 6.15. The summed E-state index contributed by atoms with van der Waals surface area (Å²) < 4.78 is 2.74. The second kappa shape index (κ2) is 8.75. The number of benzene rings is 2. The van der Waals surface area contributed by atoms with E-state index in [1.54, 1.807) is 53.3 Å². The number of anilines is 2. The molecule has 172 valence electrons. The Bertz CT molecular complexity index is 1470. The zero-order valence-electron chi connectivity index (χ0n) is 18.3. The molecule has 0 atom stereocenters. The summed E-state index contributed by atoms with van der Waals surface area (Å²) in [4.78, 5) is 37.3. The number of halogens is 1. The van der Waals surface area contributed by atoms with Crippen LogP contribution in [-0.4, -0.2) is 31.4 Å². The van der Waals surface area contributed by atoms with E-state index in [2.05, 4.69) is 20.8 Å². The van der Waals surface area contributed by atoms with Gasteiger partial charge in [-0.15, -0.1) is 0 Å². The first-order valence-corrected chi connectivity index (χ1v) is 11.2. The Hall–Kier alpha value is -3.98. The van der Waals surface area contributed by atoms with E-state index in [1.807, 2.05) is 6.07 Å². The maximum absolute atomic E-state index is 13.4. The number of hydrogen-bond acceptors (Lipinski definition) is 5. The van der Waals surface area contributed by atoms with Crippen molar-refractivity contribution in [3.63, 3.8) is 0 Å². The number of rotatable bonds is 6. The van der Waals surface area contributed by atoms with Crippen molar-refractivity contribution < 1.29 is 9.59 Å². The Labute approximate surface area is 199 Å². The summed E-state index contributed by atoms with van der Waals surface area (Å²) in [6.45, 7) is 1.17. The Kier molecular flexibility index (Phi) is 5.62. The van der Waals surface area contributed by atoms with Crippen LogP contribution < -0.4 is 16.2 Å². The topological polar surface area (TPSA) is 111 Å². The fourth-order valence-electron chi connectivity index (χ4n) is 3.84. The lowest BCUT2D eigenvalue weighted by molar-refractivity contribution is -0.117. The smallest absolute Gasteiger partial charge is 0.293 e. The van der Waals surface area contributed by atoms with Gasteiger partial charge in [0.25, 0.3) is 5.56 Å². The molecule has 0 spiro atoms. The molecular weight excluding hydrogens is 456 g/mol. The molecule has 2 amide bonds. The van der Waals surface area contributed by atoms with Crippen molar-refractivity contribution in [1.82, 2.24) is 19.6 Å². The lowest BCUT2D eigenvalue weighted by atomic mass is 10.2. The van der Waals surface area contributed by atoms with Crippen LogP contribution in [0.4, 0.5) is 11.4 Å². The van der Waals surface area contributed by atoms with E-state index in [0.717, 1.165) is 18.5 Å². The van der Waals surface area contributed by atoms with Crippen molar-refractivity contribution in [1.29, 1.82) is 0 Å². The van der Waals surface area contributed by atoms with Gasteiger partial charge in [0.15, 0.2) is 0 Å². The zero-order valence-corrected chi connectivity index (χ0v) is 19.0. The summed E-state index contributed by atoms with van der Waals surface area (Å²) in [7, 11) is 0. The van der Waals surface area contributed by atoms with Crippen LogP contribution in [0.3, 0.4) is 0 Å². The van der Waals surface area contributed by atoms with Crippen LogP contribution in [0, 0.1) is 0 Å². The first-order chi connectivity index (χ1) is 16.4. The highest BCUT2D eigenvalue weighted by Crippen LogP contribution is 2.41. The van der Waals surface area contributed by atoms with Crippen molar-refractivity contribution in [3.05, 3.63) is 75.8 Å². The van der Waals surface area contributed by atoms with Crippen LogP contribution in [0.15, 0.2) is 59.5 Å². The highest BCUT2D eigenvalue weighted by Gasteiger charge is 2.30. The Balaban J connectivity index is 1.46. The molecule has 0 unspecified atom stereocenters. The minimum absolute atomic E-state index is 0.180. The number of aromatic nitrogens is 4. The number of nitrogens with one attached hydrogen (secondary N) is 2. The zero-order chi connectivity index (χ0) is 23.8. The molecule has 1 fully saturated rings. The predicted octanol–water partition coefficient (Wildman–Crippen LogP) is 3.71. The molecule has 2 N–H and O–H groups in total. The van der Waals surface area contributed by atoms with E-state index in [0.29, 0.717) is 33.0 Å². The fourth-order valence-corrected chi connectivity index (χ4v) is 4.02. The van der Waals surface area contributed by atoms with Gasteiger partial charge in [0, 0.05) is 34.6 Å². The normalized spacial score (nSPS) is 13.1. The second-order valence-corrected chi connectivity index (χ2v) is 8.66. The van der Waals surface area contributed by atoms with Crippen molar-refractivity contribution in [2.24, 2.45) is 0 Å². The quantitative estimate of drug-likeness (QED) is 0.440. The number of fused-ring (bicyclic) bond motifs is 1. The number of carbonyl (C=O) groups excluding carboxylic acids is 2. The molecule has 4 aromatic rings. The number of carbonyl (C=O) groups is 2. The predicted molar refractivity (Wildman–Crippen MR) is 129 cm³/mol. The van der Waals surface area contributed by atoms with Crippen molar-refractivity contribution >= 4 is 45.7 Å². The lowest BCUT2D eigenvalue weighted by Gasteiger charge is -2.11. The summed E-state index contributed by atoms with van der Waals surface area (Å²) in [5, 5.41) is 15.6. The Morgan fingerprint density at radius 1 is 1.09 bits per heavy atom. The first-order valence-electron chi connectivity index (χ1n) is 10.8. The van der Waals surface area contributed by atoms with Gasteiger partial charge in [-0.25, -0.2) is 9.36 Å². The molecule has 1 aliphatic carbocycles. The summed E-state index contributed by atoms with van der Waals surface area (Å²) in [5.41, 5.74) is 2.55. The van der Waals surface area contributed by atoms with Gasteiger partial charge in [-0.3, -0.25) is 14.4 Å². The molecule has 2 aromatic carbocycles. The van der Waals surface area contributed by atoms with Gasteiger partial charge in [-0.2, -0.15) is 10.2 Å². The highest BCUT2D eigenvalue weighted by molar-refractivity contribution is 6.30. The minimum atomic E-state index is -0.409.